The SMILES string of the molecule is COC(Cc1ccc(C)cc1)N(OC)OC. The van der Waals surface area contributed by atoms with E-state index in [-0.39, 0.29) is 6.23 Å². The fourth-order valence-corrected chi connectivity index (χ4v) is 1.48. The van der Waals surface area contributed by atoms with E-state index < -0.39 is 0 Å². The van der Waals surface area contributed by atoms with Crippen LogP contribution < -0.4 is 0 Å². The van der Waals surface area contributed by atoms with Gasteiger partial charge in [0.2, 0.25) is 0 Å². The average Bonchev–Trinajstić information content (AvgIpc) is 2.32. The van der Waals surface area contributed by atoms with E-state index in [0.717, 1.165) is 0 Å². The van der Waals surface area contributed by atoms with E-state index in [9.17, 15) is 0 Å². The lowest BCUT2D eigenvalue weighted by molar-refractivity contribution is -0.400. The summed E-state index contributed by atoms with van der Waals surface area (Å²) >= 11 is 0. The largest absolute Gasteiger partial charge is 0.361 e. The Hall–Kier alpha value is -0.940. The summed E-state index contributed by atoms with van der Waals surface area (Å²) in [5.41, 5.74) is 2.42. The van der Waals surface area contributed by atoms with Crippen molar-refractivity contribution in [2.45, 2.75) is 19.6 Å². The zero-order valence-electron chi connectivity index (χ0n) is 10.3. The molecule has 0 aliphatic rings. The Morgan fingerprint density at radius 3 is 2.06 bits per heavy atom. The normalized spacial score (nSPS) is 13.1. The van der Waals surface area contributed by atoms with E-state index in [2.05, 4.69) is 31.2 Å². The van der Waals surface area contributed by atoms with Gasteiger partial charge in [0, 0.05) is 13.5 Å². The van der Waals surface area contributed by atoms with Crippen LogP contribution in [0.1, 0.15) is 11.1 Å². The van der Waals surface area contributed by atoms with Crippen LogP contribution in [0.25, 0.3) is 0 Å². The van der Waals surface area contributed by atoms with Gasteiger partial charge in [0.05, 0.1) is 14.2 Å². The summed E-state index contributed by atoms with van der Waals surface area (Å²) in [5.74, 6) is 0. The predicted molar refractivity (Wildman–Crippen MR) is 61.5 cm³/mol. The van der Waals surface area contributed by atoms with Crippen molar-refractivity contribution in [1.29, 1.82) is 0 Å². The van der Waals surface area contributed by atoms with Gasteiger partial charge in [-0.1, -0.05) is 29.8 Å². The van der Waals surface area contributed by atoms with Gasteiger partial charge in [-0.25, -0.2) is 0 Å². The molecule has 1 unspecified atom stereocenters. The van der Waals surface area contributed by atoms with Crippen LogP contribution in [0.5, 0.6) is 0 Å². The van der Waals surface area contributed by atoms with Gasteiger partial charge in [-0.3, -0.25) is 9.68 Å². The van der Waals surface area contributed by atoms with Crippen molar-refractivity contribution >= 4 is 0 Å². The number of benzene rings is 1. The van der Waals surface area contributed by atoms with E-state index >= 15 is 0 Å². The number of ether oxygens (including phenoxy) is 1. The number of hydrogen-bond acceptors (Lipinski definition) is 4. The summed E-state index contributed by atoms with van der Waals surface area (Å²) in [5, 5.41) is 1.33. The van der Waals surface area contributed by atoms with Gasteiger partial charge in [0.25, 0.3) is 0 Å². The summed E-state index contributed by atoms with van der Waals surface area (Å²) in [7, 11) is 4.72. The van der Waals surface area contributed by atoms with Crippen molar-refractivity contribution in [3.8, 4) is 0 Å². The highest BCUT2D eigenvalue weighted by molar-refractivity contribution is 5.21. The highest BCUT2D eigenvalue weighted by Crippen LogP contribution is 2.11. The minimum Gasteiger partial charge on any atom is -0.361 e. The Morgan fingerprint density at radius 2 is 1.62 bits per heavy atom. The molecule has 0 aromatic heterocycles. The molecule has 1 aromatic carbocycles. The Balaban J connectivity index is 2.65. The molecule has 0 fully saturated rings. The molecule has 0 heterocycles. The molecule has 1 atom stereocenters. The molecule has 0 amide bonds. The average molecular weight is 225 g/mol. The summed E-state index contributed by atoms with van der Waals surface area (Å²) in [4.78, 5) is 10.1. The number of aryl methyl sites for hydroxylation is 1. The number of methoxy groups -OCH3 is 1. The maximum Gasteiger partial charge on any atom is 0.163 e. The highest BCUT2D eigenvalue weighted by Gasteiger charge is 2.18. The Labute approximate surface area is 96.6 Å². The van der Waals surface area contributed by atoms with Crippen LogP contribution in [0, 0.1) is 6.92 Å². The minimum atomic E-state index is -0.252. The van der Waals surface area contributed by atoms with Gasteiger partial charge in [-0.15, -0.1) is 0 Å². The first-order valence-corrected chi connectivity index (χ1v) is 5.17. The minimum absolute atomic E-state index is 0.252. The molecule has 4 heteroatoms. The van der Waals surface area contributed by atoms with Gasteiger partial charge in [0.15, 0.2) is 6.23 Å². The zero-order chi connectivity index (χ0) is 12.0. The molecule has 0 aliphatic heterocycles. The lowest BCUT2D eigenvalue weighted by atomic mass is 10.1. The molecule has 0 radical (unpaired) electrons. The van der Waals surface area contributed by atoms with Crippen molar-refractivity contribution in [1.82, 2.24) is 5.23 Å². The highest BCUT2D eigenvalue weighted by atomic mass is 17.0. The Morgan fingerprint density at radius 1 is 1.06 bits per heavy atom. The molecule has 0 spiro atoms. The third kappa shape index (κ3) is 3.57. The molecular formula is C12H19NO3. The molecule has 4 nitrogen and oxygen atoms in total. The smallest absolute Gasteiger partial charge is 0.163 e. The molecule has 0 bridgehead atoms. The van der Waals surface area contributed by atoms with Crippen LogP contribution in [-0.2, 0) is 20.8 Å². The molecule has 0 saturated heterocycles. The molecule has 90 valence electrons. The quantitative estimate of drug-likeness (QED) is 0.547. The van der Waals surface area contributed by atoms with Crippen LogP contribution in [0.2, 0.25) is 0 Å². The van der Waals surface area contributed by atoms with Crippen molar-refractivity contribution in [3.63, 3.8) is 0 Å². The van der Waals surface area contributed by atoms with Crippen LogP contribution in [0.3, 0.4) is 0 Å². The monoisotopic (exact) mass is 225 g/mol. The molecule has 16 heavy (non-hydrogen) atoms. The standard InChI is InChI=1S/C12H19NO3/c1-10-5-7-11(8-6-10)9-12(14-2)13(15-3)16-4/h5-8,12H,9H2,1-4H3. The van der Waals surface area contributed by atoms with Crippen LogP contribution in [0.15, 0.2) is 24.3 Å². The lowest BCUT2D eigenvalue weighted by Gasteiger charge is -2.25. The second-order valence-electron chi connectivity index (χ2n) is 3.53. The molecular weight excluding hydrogens is 206 g/mol. The maximum absolute atomic E-state index is 5.30. The van der Waals surface area contributed by atoms with E-state index in [0.29, 0.717) is 6.42 Å². The van der Waals surface area contributed by atoms with Crippen LogP contribution >= 0.6 is 0 Å². The van der Waals surface area contributed by atoms with Crippen molar-refractivity contribution in [3.05, 3.63) is 35.4 Å². The number of rotatable bonds is 6. The van der Waals surface area contributed by atoms with E-state index in [1.165, 1.54) is 16.4 Å². The third-order valence-corrected chi connectivity index (χ3v) is 2.40. The van der Waals surface area contributed by atoms with Gasteiger partial charge < -0.3 is 4.74 Å². The summed E-state index contributed by atoms with van der Waals surface area (Å²) < 4.78 is 5.30. The van der Waals surface area contributed by atoms with E-state index in [1.54, 1.807) is 21.3 Å². The maximum atomic E-state index is 5.30. The second kappa shape index (κ2) is 6.60. The van der Waals surface area contributed by atoms with Crippen molar-refractivity contribution in [2.24, 2.45) is 0 Å². The topological polar surface area (TPSA) is 30.9 Å². The van der Waals surface area contributed by atoms with Gasteiger partial charge in [-0.05, 0) is 17.7 Å². The lowest BCUT2D eigenvalue weighted by Crippen LogP contribution is -2.36. The molecule has 0 N–H and O–H groups in total. The Bertz CT molecular complexity index is 296. The van der Waals surface area contributed by atoms with E-state index in [1.807, 2.05) is 0 Å². The summed E-state index contributed by atoms with van der Waals surface area (Å²) in [6.45, 7) is 2.06. The molecule has 1 aromatic rings. The first kappa shape index (κ1) is 13.1. The molecule has 1 rings (SSSR count). The number of nitrogens with zero attached hydrogens (tertiary/aromatic N) is 1. The fourth-order valence-electron chi connectivity index (χ4n) is 1.48. The van der Waals surface area contributed by atoms with Crippen molar-refractivity contribution < 1.29 is 14.4 Å². The van der Waals surface area contributed by atoms with Gasteiger partial charge in [-0.2, -0.15) is 0 Å². The number of hydrogen-bond donors (Lipinski definition) is 0. The first-order valence-electron chi connectivity index (χ1n) is 5.17. The Kier molecular flexibility index (Phi) is 5.42. The summed E-state index contributed by atoms with van der Waals surface area (Å²) in [6, 6.07) is 8.30. The molecule has 0 aliphatic carbocycles. The fraction of sp³-hybridized carbons (Fsp3) is 0.500. The van der Waals surface area contributed by atoms with Gasteiger partial charge in [0.1, 0.15) is 0 Å². The summed E-state index contributed by atoms with van der Waals surface area (Å²) in [6.07, 6.45) is 0.455. The van der Waals surface area contributed by atoms with Gasteiger partial charge >= 0.3 is 0 Å². The predicted octanol–water partition coefficient (Wildman–Crippen LogP) is 1.93. The van der Waals surface area contributed by atoms with E-state index in [4.69, 9.17) is 14.4 Å². The van der Waals surface area contributed by atoms with Crippen molar-refractivity contribution in [2.75, 3.05) is 21.3 Å². The second-order valence-corrected chi connectivity index (χ2v) is 3.53. The third-order valence-electron chi connectivity index (χ3n) is 2.40. The zero-order valence-corrected chi connectivity index (χ0v) is 10.3. The van der Waals surface area contributed by atoms with Crippen LogP contribution in [-0.4, -0.2) is 32.8 Å². The molecule has 0 saturated carbocycles. The van der Waals surface area contributed by atoms with Crippen LogP contribution in [0.4, 0.5) is 0 Å². The first-order chi connectivity index (χ1) is 7.71. The number of hydroxylamine groups is 2.